The first kappa shape index (κ1) is 23.8. The number of aliphatic carboxylic acids is 1. The number of carboxylic acids is 1. The number of carbonyl (C=O) groups excluding carboxylic acids is 2. The van der Waals surface area contributed by atoms with E-state index in [1.807, 2.05) is 24.3 Å². The van der Waals surface area contributed by atoms with Gasteiger partial charge in [-0.25, -0.2) is 9.59 Å². The molecule has 1 saturated heterocycles. The zero-order valence-electron chi connectivity index (χ0n) is 19.4. The van der Waals surface area contributed by atoms with E-state index in [9.17, 15) is 19.5 Å². The molecule has 0 aromatic heterocycles. The van der Waals surface area contributed by atoms with Gasteiger partial charge in [0, 0.05) is 30.8 Å². The fourth-order valence-electron chi connectivity index (χ4n) is 4.80. The van der Waals surface area contributed by atoms with Gasteiger partial charge in [0.15, 0.2) is 5.60 Å². The number of aliphatic hydroxyl groups is 1. The average Bonchev–Trinajstić information content (AvgIpc) is 3.36. The molecule has 0 radical (unpaired) electrons. The van der Waals surface area contributed by atoms with Crippen molar-refractivity contribution in [3.8, 4) is 11.1 Å². The van der Waals surface area contributed by atoms with Crippen molar-refractivity contribution < 1.29 is 29.3 Å². The molecule has 1 heterocycles. The van der Waals surface area contributed by atoms with Crippen molar-refractivity contribution in [3.05, 3.63) is 59.7 Å². The van der Waals surface area contributed by atoms with E-state index in [0.29, 0.717) is 6.42 Å². The van der Waals surface area contributed by atoms with Gasteiger partial charge in [0.25, 0.3) is 0 Å². The maximum Gasteiger partial charge on any atom is 0.407 e. The first-order chi connectivity index (χ1) is 16.1. The molecule has 8 heteroatoms. The number of β-amino-alcohol motifs (C(OH)–C–C–N with tert-alkyl or cyclic N) is 1. The quantitative estimate of drug-likeness (QED) is 0.578. The fraction of sp³-hybridized carbons (Fsp3) is 0.423. The number of rotatable bonds is 7. The number of benzene rings is 2. The molecule has 34 heavy (non-hydrogen) atoms. The number of carbonyl (C=O) groups is 3. The highest BCUT2D eigenvalue weighted by Gasteiger charge is 2.46. The maximum absolute atomic E-state index is 12.9. The summed E-state index contributed by atoms with van der Waals surface area (Å²) in [5.41, 5.74) is 1.85. The summed E-state index contributed by atoms with van der Waals surface area (Å²) in [7, 11) is 0. The molecule has 180 valence electrons. The van der Waals surface area contributed by atoms with Crippen LogP contribution in [0, 0.1) is 5.41 Å². The van der Waals surface area contributed by atoms with Crippen LogP contribution in [0.25, 0.3) is 11.1 Å². The van der Waals surface area contributed by atoms with Gasteiger partial charge >= 0.3 is 12.1 Å². The summed E-state index contributed by atoms with van der Waals surface area (Å²) >= 11 is 0. The summed E-state index contributed by atoms with van der Waals surface area (Å²) in [4.78, 5) is 37.8. The number of nitrogens with one attached hydrogen (secondary N) is 1. The highest BCUT2D eigenvalue weighted by Crippen LogP contribution is 2.44. The van der Waals surface area contributed by atoms with Gasteiger partial charge in [-0.05, 0) is 28.7 Å². The van der Waals surface area contributed by atoms with E-state index in [4.69, 9.17) is 9.84 Å². The largest absolute Gasteiger partial charge is 0.479 e. The van der Waals surface area contributed by atoms with E-state index in [2.05, 4.69) is 29.6 Å². The van der Waals surface area contributed by atoms with Crippen LogP contribution >= 0.6 is 0 Å². The predicted molar refractivity (Wildman–Crippen MR) is 125 cm³/mol. The molecule has 0 spiro atoms. The van der Waals surface area contributed by atoms with E-state index in [-0.39, 0.29) is 44.5 Å². The predicted octanol–water partition coefficient (Wildman–Crippen LogP) is 2.99. The van der Waals surface area contributed by atoms with Gasteiger partial charge in [-0.2, -0.15) is 0 Å². The molecule has 1 fully saturated rings. The third-order valence-corrected chi connectivity index (χ3v) is 6.88. The van der Waals surface area contributed by atoms with Crippen molar-refractivity contribution in [2.75, 3.05) is 26.2 Å². The van der Waals surface area contributed by atoms with Gasteiger partial charge in [-0.1, -0.05) is 62.4 Å². The molecule has 0 saturated carbocycles. The Morgan fingerprint density at radius 2 is 1.68 bits per heavy atom. The second kappa shape index (κ2) is 9.10. The van der Waals surface area contributed by atoms with Crippen molar-refractivity contribution in [2.45, 2.75) is 38.2 Å². The van der Waals surface area contributed by atoms with Crippen LogP contribution in [0.3, 0.4) is 0 Å². The van der Waals surface area contributed by atoms with Crippen LogP contribution in [-0.2, 0) is 14.3 Å². The molecule has 4 rings (SSSR count). The standard InChI is InChI=1S/C26H30N2O6/c1-25(2,22(29)28-14-12-26(33,16-28)23(30)31)11-13-27-24(32)34-15-21-19-9-5-3-7-17(19)18-8-4-6-10-20(18)21/h3-10,21,33H,11-16H2,1-2H3,(H,27,32)(H,30,31). The lowest BCUT2D eigenvalue weighted by molar-refractivity contribution is -0.157. The molecule has 2 amide bonds. The minimum absolute atomic E-state index is 0.00214. The number of nitrogens with zero attached hydrogens (tertiary/aromatic N) is 1. The lowest BCUT2D eigenvalue weighted by Crippen LogP contribution is -2.46. The Morgan fingerprint density at radius 3 is 2.24 bits per heavy atom. The number of hydrogen-bond donors (Lipinski definition) is 3. The Labute approximate surface area is 198 Å². The van der Waals surface area contributed by atoms with Gasteiger partial charge in [0.2, 0.25) is 5.91 Å². The van der Waals surface area contributed by atoms with E-state index >= 15 is 0 Å². The number of ether oxygens (including phenoxy) is 1. The van der Waals surface area contributed by atoms with Gasteiger partial charge in [0.1, 0.15) is 6.61 Å². The van der Waals surface area contributed by atoms with Crippen LogP contribution in [0.4, 0.5) is 4.79 Å². The van der Waals surface area contributed by atoms with Crippen LogP contribution in [0.15, 0.2) is 48.5 Å². The molecule has 2 aromatic rings. The molecule has 2 aromatic carbocycles. The summed E-state index contributed by atoms with van der Waals surface area (Å²) in [5, 5.41) is 22.0. The lowest BCUT2D eigenvalue weighted by atomic mass is 9.87. The first-order valence-corrected chi connectivity index (χ1v) is 11.5. The van der Waals surface area contributed by atoms with E-state index in [0.717, 1.165) is 22.3 Å². The number of fused-ring (bicyclic) bond motifs is 3. The Morgan fingerprint density at radius 1 is 1.09 bits per heavy atom. The van der Waals surface area contributed by atoms with Crippen LogP contribution in [0.2, 0.25) is 0 Å². The Balaban J connectivity index is 1.28. The Bertz CT molecular complexity index is 1070. The summed E-state index contributed by atoms with van der Waals surface area (Å²) in [5.74, 6) is -1.60. The molecule has 1 aliphatic carbocycles. The van der Waals surface area contributed by atoms with Gasteiger partial charge in [0.05, 0.1) is 6.54 Å². The lowest BCUT2D eigenvalue weighted by Gasteiger charge is -2.29. The molecular formula is C26H30N2O6. The van der Waals surface area contributed by atoms with Crippen LogP contribution in [-0.4, -0.2) is 64.9 Å². The topological polar surface area (TPSA) is 116 Å². The molecule has 1 atom stereocenters. The van der Waals surface area contributed by atoms with Crippen molar-refractivity contribution in [1.29, 1.82) is 0 Å². The third-order valence-electron chi connectivity index (χ3n) is 6.88. The number of alkyl carbamates (subject to hydrolysis) is 1. The van der Waals surface area contributed by atoms with Gasteiger partial charge < -0.3 is 25.2 Å². The molecule has 3 N–H and O–H groups in total. The molecule has 0 bridgehead atoms. The van der Waals surface area contributed by atoms with E-state index in [1.54, 1.807) is 13.8 Å². The van der Waals surface area contributed by atoms with Crippen LogP contribution < -0.4 is 5.32 Å². The number of carboxylic acid groups (broad SMARTS) is 1. The van der Waals surface area contributed by atoms with Crippen molar-refractivity contribution in [1.82, 2.24) is 10.2 Å². The van der Waals surface area contributed by atoms with Crippen molar-refractivity contribution in [2.24, 2.45) is 5.41 Å². The van der Waals surface area contributed by atoms with Crippen molar-refractivity contribution >= 4 is 18.0 Å². The summed E-state index contributed by atoms with van der Waals surface area (Å²) in [6.45, 7) is 3.88. The number of likely N-dealkylation sites (tertiary alicyclic amines) is 1. The normalized spacial score (nSPS) is 19.4. The molecule has 8 nitrogen and oxygen atoms in total. The monoisotopic (exact) mass is 466 g/mol. The van der Waals surface area contributed by atoms with E-state index < -0.39 is 23.1 Å². The Hall–Kier alpha value is -3.39. The zero-order chi connectivity index (χ0) is 24.5. The Kier molecular flexibility index (Phi) is 6.36. The van der Waals surface area contributed by atoms with Crippen molar-refractivity contribution in [3.63, 3.8) is 0 Å². The summed E-state index contributed by atoms with van der Waals surface area (Å²) in [6.07, 6.45) is -0.202. The van der Waals surface area contributed by atoms with Crippen LogP contribution in [0.5, 0.6) is 0 Å². The number of amides is 2. The van der Waals surface area contributed by atoms with Crippen LogP contribution in [0.1, 0.15) is 43.7 Å². The molecule has 2 aliphatic rings. The fourth-order valence-corrected chi connectivity index (χ4v) is 4.80. The zero-order valence-corrected chi connectivity index (χ0v) is 19.4. The van der Waals surface area contributed by atoms with E-state index in [1.165, 1.54) is 4.90 Å². The van der Waals surface area contributed by atoms with Gasteiger partial charge in [-0.3, -0.25) is 4.79 Å². The maximum atomic E-state index is 12.9. The minimum Gasteiger partial charge on any atom is -0.479 e. The minimum atomic E-state index is -1.90. The highest BCUT2D eigenvalue weighted by molar-refractivity contribution is 5.85. The molecule has 1 aliphatic heterocycles. The summed E-state index contributed by atoms with van der Waals surface area (Å²) in [6, 6.07) is 16.2. The van der Waals surface area contributed by atoms with Gasteiger partial charge in [-0.15, -0.1) is 0 Å². The summed E-state index contributed by atoms with van der Waals surface area (Å²) < 4.78 is 5.52. The molecular weight excluding hydrogens is 436 g/mol. The molecule has 1 unspecified atom stereocenters. The third kappa shape index (κ3) is 4.50. The smallest absolute Gasteiger partial charge is 0.407 e. The number of hydrogen-bond acceptors (Lipinski definition) is 5. The highest BCUT2D eigenvalue weighted by atomic mass is 16.5. The average molecular weight is 467 g/mol. The second-order valence-electron chi connectivity index (χ2n) is 9.70. The second-order valence-corrected chi connectivity index (χ2v) is 9.70. The SMILES string of the molecule is CC(C)(CCNC(=O)OCC1c2ccccc2-c2ccccc21)C(=O)N1CCC(O)(C(=O)O)C1. The first-order valence-electron chi connectivity index (χ1n) is 11.5.